The summed E-state index contributed by atoms with van der Waals surface area (Å²) >= 11 is 0. The van der Waals surface area contributed by atoms with Crippen LogP contribution in [0, 0.1) is 19.8 Å². The number of amides is 2. The van der Waals surface area contributed by atoms with Gasteiger partial charge in [-0.15, -0.1) is 0 Å². The lowest BCUT2D eigenvalue weighted by molar-refractivity contribution is -0.131. The highest BCUT2D eigenvalue weighted by Crippen LogP contribution is 2.18. The van der Waals surface area contributed by atoms with Crippen LogP contribution in [-0.2, 0) is 19.4 Å². The molecule has 0 aromatic heterocycles. The molecule has 1 atom stereocenters. The standard InChI is InChI=1S/C15H20N2O5S/c1-10-5-11(2)7-13(6-10)22-8-14(18)16-17-15(19)12-3-4-23(20,21)9-12/h5-7,12H,3-4,8-9H2,1-2H3,(H,16,18)(H,17,19)/t12-/m1/s1. The number of benzene rings is 1. The molecule has 1 aliphatic heterocycles. The van der Waals surface area contributed by atoms with Crippen LogP contribution in [0.1, 0.15) is 17.5 Å². The van der Waals surface area contributed by atoms with Gasteiger partial charge in [-0.3, -0.25) is 20.4 Å². The van der Waals surface area contributed by atoms with Crippen molar-refractivity contribution in [2.24, 2.45) is 5.92 Å². The van der Waals surface area contributed by atoms with E-state index < -0.39 is 27.6 Å². The number of rotatable bonds is 4. The molecular weight excluding hydrogens is 320 g/mol. The van der Waals surface area contributed by atoms with Crippen LogP contribution in [0.5, 0.6) is 5.75 Å². The number of sulfone groups is 1. The molecule has 8 heteroatoms. The number of carbonyl (C=O) groups is 2. The molecule has 0 aliphatic carbocycles. The molecule has 0 spiro atoms. The summed E-state index contributed by atoms with van der Waals surface area (Å²) in [5.41, 5.74) is 6.51. The van der Waals surface area contributed by atoms with Crippen molar-refractivity contribution in [3.63, 3.8) is 0 Å². The largest absolute Gasteiger partial charge is 0.484 e. The van der Waals surface area contributed by atoms with Gasteiger partial charge in [0.2, 0.25) is 5.91 Å². The maximum absolute atomic E-state index is 11.8. The Morgan fingerprint density at radius 3 is 2.39 bits per heavy atom. The molecule has 1 saturated heterocycles. The minimum Gasteiger partial charge on any atom is -0.484 e. The molecule has 2 amide bonds. The van der Waals surface area contributed by atoms with E-state index in [1.54, 1.807) is 0 Å². The first-order valence-corrected chi connectivity index (χ1v) is 9.07. The van der Waals surface area contributed by atoms with Crippen molar-refractivity contribution in [1.82, 2.24) is 10.9 Å². The Bertz CT molecular complexity index is 694. The Balaban J connectivity index is 1.76. The molecule has 1 aliphatic rings. The average Bonchev–Trinajstić information content (AvgIpc) is 2.82. The second-order valence-corrected chi connectivity index (χ2v) is 7.98. The van der Waals surface area contributed by atoms with E-state index in [9.17, 15) is 18.0 Å². The lowest BCUT2D eigenvalue weighted by atomic mass is 10.1. The quantitative estimate of drug-likeness (QED) is 0.766. The summed E-state index contributed by atoms with van der Waals surface area (Å²) in [5, 5.41) is 0. The topological polar surface area (TPSA) is 102 Å². The third-order valence-electron chi connectivity index (χ3n) is 3.49. The number of ether oxygens (including phenoxy) is 1. The third kappa shape index (κ3) is 5.24. The highest BCUT2D eigenvalue weighted by atomic mass is 32.2. The molecule has 0 radical (unpaired) electrons. The second kappa shape index (κ2) is 6.99. The maximum atomic E-state index is 11.8. The normalized spacial score (nSPS) is 19.1. The van der Waals surface area contributed by atoms with E-state index >= 15 is 0 Å². The average molecular weight is 340 g/mol. The Labute approximate surface area is 135 Å². The van der Waals surface area contributed by atoms with E-state index in [4.69, 9.17) is 4.74 Å². The van der Waals surface area contributed by atoms with Crippen molar-refractivity contribution in [3.8, 4) is 5.75 Å². The summed E-state index contributed by atoms with van der Waals surface area (Å²) in [7, 11) is -3.13. The highest BCUT2D eigenvalue weighted by molar-refractivity contribution is 7.91. The van der Waals surface area contributed by atoms with Crippen molar-refractivity contribution < 1.29 is 22.7 Å². The van der Waals surface area contributed by atoms with Crippen molar-refractivity contribution in [1.29, 1.82) is 0 Å². The van der Waals surface area contributed by atoms with Crippen LogP contribution in [0.4, 0.5) is 0 Å². The Morgan fingerprint density at radius 2 is 1.83 bits per heavy atom. The monoisotopic (exact) mass is 340 g/mol. The Kier molecular flexibility index (Phi) is 5.25. The number of aryl methyl sites for hydroxylation is 2. The predicted molar refractivity (Wildman–Crippen MR) is 84.5 cm³/mol. The first kappa shape index (κ1) is 17.3. The number of hydrazine groups is 1. The third-order valence-corrected chi connectivity index (χ3v) is 5.26. The SMILES string of the molecule is Cc1cc(C)cc(OCC(=O)NNC(=O)[C@@H]2CCS(=O)(=O)C2)c1. The van der Waals surface area contributed by atoms with E-state index in [-0.39, 0.29) is 24.5 Å². The highest BCUT2D eigenvalue weighted by Gasteiger charge is 2.33. The molecule has 126 valence electrons. The first-order valence-electron chi connectivity index (χ1n) is 7.25. The molecule has 2 N–H and O–H groups in total. The summed E-state index contributed by atoms with van der Waals surface area (Å²) in [4.78, 5) is 23.4. The van der Waals surface area contributed by atoms with E-state index in [1.165, 1.54) is 0 Å². The van der Waals surface area contributed by atoms with Crippen LogP contribution < -0.4 is 15.6 Å². The molecule has 0 saturated carbocycles. The number of carbonyl (C=O) groups excluding carboxylic acids is 2. The van der Waals surface area contributed by atoms with Crippen LogP contribution >= 0.6 is 0 Å². The number of hydrogen-bond donors (Lipinski definition) is 2. The summed E-state index contributed by atoms with van der Waals surface area (Å²) in [6.45, 7) is 3.61. The fourth-order valence-electron chi connectivity index (χ4n) is 2.44. The molecule has 7 nitrogen and oxygen atoms in total. The zero-order valence-corrected chi connectivity index (χ0v) is 13.9. The van der Waals surface area contributed by atoms with E-state index in [0.29, 0.717) is 5.75 Å². The van der Waals surface area contributed by atoms with Crippen molar-refractivity contribution in [3.05, 3.63) is 29.3 Å². The van der Waals surface area contributed by atoms with Gasteiger partial charge in [-0.2, -0.15) is 0 Å². The fraction of sp³-hybridized carbons (Fsp3) is 0.467. The van der Waals surface area contributed by atoms with E-state index in [2.05, 4.69) is 10.9 Å². The lowest BCUT2D eigenvalue weighted by Crippen LogP contribution is -2.46. The molecule has 1 heterocycles. The lowest BCUT2D eigenvalue weighted by Gasteiger charge is -2.12. The van der Waals surface area contributed by atoms with Crippen molar-refractivity contribution in [2.75, 3.05) is 18.1 Å². The van der Waals surface area contributed by atoms with Gasteiger partial charge in [-0.05, 0) is 43.5 Å². The number of nitrogens with one attached hydrogen (secondary N) is 2. The van der Waals surface area contributed by atoms with Gasteiger partial charge in [-0.1, -0.05) is 6.07 Å². The van der Waals surface area contributed by atoms with Gasteiger partial charge >= 0.3 is 0 Å². The zero-order valence-electron chi connectivity index (χ0n) is 13.1. The Morgan fingerprint density at radius 1 is 1.17 bits per heavy atom. The first-order chi connectivity index (χ1) is 10.7. The van der Waals surface area contributed by atoms with Gasteiger partial charge in [0, 0.05) is 0 Å². The number of hydrogen-bond acceptors (Lipinski definition) is 5. The summed E-state index contributed by atoms with van der Waals surface area (Å²) < 4.78 is 28.0. The molecule has 0 unspecified atom stereocenters. The fourth-order valence-corrected chi connectivity index (χ4v) is 4.18. The van der Waals surface area contributed by atoms with Gasteiger partial charge in [0.15, 0.2) is 16.4 Å². The molecule has 23 heavy (non-hydrogen) atoms. The van der Waals surface area contributed by atoms with Gasteiger partial charge in [0.1, 0.15) is 5.75 Å². The molecule has 2 rings (SSSR count). The van der Waals surface area contributed by atoms with Crippen molar-refractivity contribution >= 4 is 21.7 Å². The minimum atomic E-state index is -3.13. The van der Waals surface area contributed by atoms with Gasteiger partial charge < -0.3 is 4.74 Å². The van der Waals surface area contributed by atoms with E-state index in [0.717, 1.165) is 11.1 Å². The summed E-state index contributed by atoms with van der Waals surface area (Å²) in [6, 6.07) is 5.60. The van der Waals surface area contributed by atoms with Crippen molar-refractivity contribution in [2.45, 2.75) is 20.3 Å². The van der Waals surface area contributed by atoms with Crippen LogP contribution in [0.25, 0.3) is 0 Å². The maximum Gasteiger partial charge on any atom is 0.276 e. The molecule has 1 aromatic rings. The smallest absolute Gasteiger partial charge is 0.276 e. The van der Waals surface area contributed by atoms with Gasteiger partial charge in [0.05, 0.1) is 17.4 Å². The predicted octanol–water partition coefficient (Wildman–Crippen LogP) is 0.264. The van der Waals surface area contributed by atoms with Crippen LogP contribution in [0.3, 0.4) is 0 Å². The second-order valence-electron chi connectivity index (χ2n) is 5.75. The molecule has 1 aromatic carbocycles. The van der Waals surface area contributed by atoms with Gasteiger partial charge in [-0.25, -0.2) is 8.42 Å². The minimum absolute atomic E-state index is 0.00878. The zero-order chi connectivity index (χ0) is 17.0. The molecule has 0 bridgehead atoms. The molecular formula is C15H20N2O5S. The molecule has 1 fully saturated rings. The van der Waals surface area contributed by atoms with Crippen LogP contribution in [0.15, 0.2) is 18.2 Å². The van der Waals surface area contributed by atoms with Gasteiger partial charge in [0.25, 0.3) is 5.91 Å². The van der Waals surface area contributed by atoms with Crippen LogP contribution in [0.2, 0.25) is 0 Å². The van der Waals surface area contributed by atoms with Crippen LogP contribution in [-0.4, -0.2) is 38.3 Å². The summed E-state index contributed by atoms with van der Waals surface area (Å²) in [6.07, 6.45) is 0.281. The summed E-state index contributed by atoms with van der Waals surface area (Å²) in [5.74, 6) is -1.21. The Hall–Kier alpha value is -2.09. The van der Waals surface area contributed by atoms with E-state index in [1.807, 2.05) is 32.0 Å².